The first-order valence-electron chi connectivity index (χ1n) is 7.36. The van der Waals surface area contributed by atoms with E-state index in [0.717, 1.165) is 16.7 Å². The third-order valence-corrected chi connectivity index (χ3v) is 4.35. The van der Waals surface area contributed by atoms with Crippen LogP contribution in [0.5, 0.6) is 0 Å². The molecule has 1 atom stereocenters. The van der Waals surface area contributed by atoms with Gasteiger partial charge in [0.15, 0.2) is 0 Å². The van der Waals surface area contributed by atoms with Crippen molar-refractivity contribution >= 4 is 23.2 Å². The largest absolute Gasteiger partial charge is 0.371 e. The molecule has 1 aliphatic carbocycles. The summed E-state index contributed by atoms with van der Waals surface area (Å²) in [6.07, 6.45) is 10.9. The van der Waals surface area contributed by atoms with E-state index in [1.165, 1.54) is 18.8 Å². The summed E-state index contributed by atoms with van der Waals surface area (Å²) < 4.78 is 1.15. The van der Waals surface area contributed by atoms with Gasteiger partial charge in [0.1, 0.15) is 11.1 Å². The second-order valence-corrected chi connectivity index (χ2v) is 5.92. The van der Waals surface area contributed by atoms with Gasteiger partial charge in [-0.1, -0.05) is 35.9 Å². The first-order chi connectivity index (χ1) is 11.1. The lowest BCUT2D eigenvalue weighted by Crippen LogP contribution is -2.39. The molecule has 1 aliphatic heterocycles. The summed E-state index contributed by atoms with van der Waals surface area (Å²) in [4.78, 5) is 24.2. The molecule has 0 saturated carbocycles. The predicted molar refractivity (Wildman–Crippen MR) is 89.4 cm³/mol. The van der Waals surface area contributed by atoms with Gasteiger partial charge in [-0.3, -0.25) is 9.59 Å². The van der Waals surface area contributed by atoms with Crippen molar-refractivity contribution in [3.8, 4) is 0 Å². The smallest absolute Gasteiger partial charge is 0.287 e. The van der Waals surface area contributed by atoms with Gasteiger partial charge in [0.2, 0.25) is 5.91 Å². The SMILES string of the molecule is Cn1ncc(N[C@@H]2CC3=C(CC=CC=C3)CNC2=O)c(Cl)c1=O. The van der Waals surface area contributed by atoms with Crippen molar-refractivity contribution in [1.29, 1.82) is 0 Å². The number of nitrogens with one attached hydrogen (secondary N) is 2. The third-order valence-electron chi connectivity index (χ3n) is 3.99. The molecule has 2 heterocycles. The Hall–Kier alpha value is -2.34. The minimum absolute atomic E-state index is 0.0341. The van der Waals surface area contributed by atoms with Gasteiger partial charge in [-0.25, -0.2) is 4.68 Å². The molecule has 0 fully saturated rings. The number of carbonyl (C=O) groups is 1. The standard InChI is InChI=1S/C16H17ClN4O2/c1-21-16(23)14(17)13(9-19-21)20-12-7-10-5-3-2-4-6-11(10)8-18-15(12)22/h2-5,9,12,20H,6-8H2,1H3,(H,18,22)/t12-/m1/s1. The summed E-state index contributed by atoms with van der Waals surface area (Å²) in [5, 5.41) is 9.94. The van der Waals surface area contributed by atoms with Crippen molar-refractivity contribution in [2.45, 2.75) is 18.9 Å². The van der Waals surface area contributed by atoms with Crippen molar-refractivity contribution in [2.24, 2.45) is 7.05 Å². The first-order valence-corrected chi connectivity index (χ1v) is 7.74. The van der Waals surface area contributed by atoms with Crippen molar-refractivity contribution < 1.29 is 4.79 Å². The third kappa shape index (κ3) is 3.22. The minimum atomic E-state index is -0.503. The van der Waals surface area contributed by atoms with E-state index >= 15 is 0 Å². The second-order valence-electron chi connectivity index (χ2n) is 5.54. The number of nitrogens with zero attached hydrogens (tertiary/aromatic N) is 2. The average molecular weight is 333 g/mol. The van der Waals surface area contributed by atoms with Crippen molar-refractivity contribution in [2.75, 3.05) is 11.9 Å². The maximum Gasteiger partial charge on any atom is 0.287 e. The second kappa shape index (κ2) is 6.42. The van der Waals surface area contributed by atoms with E-state index in [-0.39, 0.29) is 10.9 Å². The Kier molecular flexibility index (Phi) is 4.34. The van der Waals surface area contributed by atoms with E-state index < -0.39 is 11.6 Å². The molecule has 0 bridgehead atoms. The highest BCUT2D eigenvalue weighted by Gasteiger charge is 2.25. The fourth-order valence-electron chi connectivity index (χ4n) is 2.65. The zero-order valence-corrected chi connectivity index (χ0v) is 13.4. The van der Waals surface area contributed by atoms with E-state index in [4.69, 9.17) is 11.6 Å². The lowest BCUT2D eigenvalue weighted by atomic mass is 10.0. The number of allylic oxidation sites excluding steroid dienone is 4. The normalized spacial score (nSPS) is 20.6. The van der Waals surface area contributed by atoms with Gasteiger partial charge < -0.3 is 10.6 Å². The topological polar surface area (TPSA) is 76.0 Å². The molecule has 2 N–H and O–H groups in total. The molecule has 0 radical (unpaired) electrons. The molecule has 7 heteroatoms. The fourth-order valence-corrected chi connectivity index (χ4v) is 2.88. The number of carbonyl (C=O) groups excluding carboxylic acids is 1. The minimum Gasteiger partial charge on any atom is -0.371 e. The zero-order valence-electron chi connectivity index (χ0n) is 12.7. The van der Waals surface area contributed by atoms with Gasteiger partial charge in [-0.2, -0.15) is 5.10 Å². The van der Waals surface area contributed by atoms with Gasteiger partial charge in [-0.15, -0.1) is 0 Å². The van der Waals surface area contributed by atoms with Crippen LogP contribution in [-0.2, 0) is 11.8 Å². The van der Waals surface area contributed by atoms with Crippen LogP contribution in [0.2, 0.25) is 5.02 Å². The van der Waals surface area contributed by atoms with E-state index in [1.54, 1.807) is 0 Å². The van der Waals surface area contributed by atoms with E-state index in [9.17, 15) is 9.59 Å². The number of halogens is 1. The van der Waals surface area contributed by atoms with E-state index in [2.05, 4.69) is 21.8 Å². The monoisotopic (exact) mass is 332 g/mol. The molecule has 1 aromatic rings. The Labute approximate surface area is 138 Å². The summed E-state index contributed by atoms with van der Waals surface area (Å²) in [6, 6.07) is -0.503. The molecule has 0 aromatic carbocycles. The molecule has 2 aliphatic rings. The molecule has 3 rings (SSSR count). The molecule has 120 valence electrons. The number of anilines is 1. The van der Waals surface area contributed by atoms with Crippen LogP contribution in [0.3, 0.4) is 0 Å². The fraction of sp³-hybridized carbons (Fsp3) is 0.312. The molecule has 1 aromatic heterocycles. The van der Waals surface area contributed by atoms with Crippen LogP contribution in [0.25, 0.3) is 0 Å². The molecule has 0 spiro atoms. The highest BCUT2D eigenvalue weighted by atomic mass is 35.5. The Morgan fingerprint density at radius 3 is 3.04 bits per heavy atom. The van der Waals surface area contributed by atoms with Gasteiger partial charge in [0.25, 0.3) is 5.56 Å². The quantitative estimate of drug-likeness (QED) is 0.861. The lowest BCUT2D eigenvalue weighted by Gasteiger charge is -2.18. The van der Waals surface area contributed by atoms with E-state index in [0.29, 0.717) is 18.7 Å². The van der Waals surface area contributed by atoms with Crippen LogP contribution in [0.15, 0.2) is 46.4 Å². The average Bonchev–Trinajstić information content (AvgIpc) is 2.84. The first kappa shape index (κ1) is 15.6. The van der Waals surface area contributed by atoms with Crippen molar-refractivity contribution in [1.82, 2.24) is 15.1 Å². The predicted octanol–water partition coefficient (Wildman–Crippen LogP) is 1.55. The molecular formula is C16H17ClN4O2. The molecule has 0 unspecified atom stereocenters. The van der Waals surface area contributed by atoms with Gasteiger partial charge in [0.05, 0.1) is 11.9 Å². The van der Waals surface area contributed by atoms with Gasteiger partial charge in [0, 0.05) is 20.0 Å². The Bertz CT molecular complexity index is 792. The maximum atomic E-state index is 12.3. The highest BCUT2D eigenvalue weighted by Crippen LogP contribution is 2.24. The van der Waals surface area contributed by atoms with Crippen molar-refractivity contribution in [3.05, 3.63) is 57.0 Å². The Morgan fingerprint density at radius 2 is 2.22 bits per heavy atom. The van der Waals surface area contributed by atoms with Crippen molar-refractivity contribution in [3.63, 3.8) is 0 Å². The summed E-state index contributed by atoms with van der Waals surface area (Å²) in [7, 11) is 1.52. The lowest BCUT2D eigenvalue weighted by molar-refractivity contribution is -0.121. The maximum absolute atomic E-state index is 12.3. The highest BCUT2D eigenvalue weighted by molar-refractivity contribution is 6.33. The molecule has 23 heavy (non-hydrogen) atoms. The summed E-state index contributed by atoms with van der Waals surface area (Å²) in [6.45, 7) is 0.531. The van der Waals surface area contributed by atoms with Gasteiger partial charge >= 0.3 is 0 Å². The van der Waals surface area contributed by atoms with Crippen LogP contribution in [0, 0.1) is 0 Å². The summed E-state index contributed by atoms with van der Waals surface area (Å²) in [5.41, 5.74) is 2.29. The Morgan fingerprint density at radius 1 is 1.39 bits per heavy atom. The van der Waals surface area contributed by atoms with Crippen LogP contribution >= 0.6 is 11.6 Å². The number of hydrogen-bond donors (Lipinski definition) is 2. The van der Waals surface area contributed by atoms with Crippen LogP contribution < -0.4 is 16.2 Å². The molecule has 0 saturated heterocycles. The van der Waals surface area contributed by atoms with Crippen LogP contribution in [-0.4, -0.2) is 28.3 Å². The van der Waals surface area contributed by atoms with Crippen LogP contribution in [0.4, 0.5) is 5.69 Å². The number of amides is 1. The summed E-state index contributed by atoms with van der Waals surface area (Å²) >= 11 is 6.07. The molecular weight excluding hydrogens is 316 g/mol. The number of hydrogen-bond acceptors (Lipinski definition) is 4. The number of aromatic nitrogens is 2. The van der Waals surface area contributed by atoms with Crippen LogP contribution in [0.1, 0.15) is 12.8 Å². The zero-order chi connectivity index (χ0) is 16.4. The number of aryl methyl sites for hydroxylation is 1. The van der Waals surface area contributed by atoms with Gasteiger partial charge in [-0.05, 0) is 17.6 Å². The molecule has 1 amide bonds. The Balaban J connectivity index is 1.87. The summed E-state index contributed by atoms with van der Waals surface area (Å²) in [5.74, 6) is -0.118. The number of rotatable bonds is 2. The van der Waals surface area contributed by atoms with E-state index in [1.807, 2.05) is 18.2 Å². The molecule has 6 nitrogen and oxygen atoms in total.